The molecular formula is C12H20ClO2P. The Balaban J connectivity index is 0.00000225. The first-order chi connectivity index (χ1) is 7.36. The Hall–Kier alpha value is -0.300. The quantitative estimate of drug-likeness (QED) is 0.553. The highest BCUT2D eigenvalue weighted by Crippen LogP contribution is 2.15. The summed E-state index contributed by atoms with van der Waals surface area (Å²) in [5.74, 6) is 0.898. The van der Waals surface area contributed by atoms with Crippen LogP contribution in [0.15, 0.2) is 24.3 Å². The Morgan fingerprint density at radius 1 is 1.12 bits per heavy atom. The summed E-state index contributed by atoms with van der Waals surface area (Å²) in [5, 5.41) is 1.23. The van der Waals surface area contributed by atoms with Crippen molar-refractivity contribution >= 4 is 26.5 Å². The predicted molar refractivity (Wildman–Crippen MR) is 73.7 cm³/mol. The Morgan fingerprint density at radius 3 is 2.38 bits per heavy atom. The summed E-state index contributed by atoms with van der Waals surface area (Å²) in [6.45, 7) is 3.07. The minimum absolute atomic E-state index is 0. The molecule has 0 amide bonds. The van der Waals surface area contributed by atoms with Gasteiger partial charge in [0.2, 0.25) is 0 Å². The highest BCUT2D eigenvalue weighted by atomic mass is 35.5. The van der Waals surface area contributed by atoms with E-state index in [1.165, 1.54) is 24.6 Å². The standard InChI is InChI=1S/C12H19O2P.ClH/c1-3-4-5-10-14-15-12-8-6-11(13-2)7-9-12;/h6-9,15H,3-5,10H2,1-2H3;1H. The van der Waals surface area contributed by atoms with E-state index in [4.69, 9.17) is 9.26 Å². The van der Waals surface area contributed by atoms with Crippen LogP contribution < -0.4 is 10.0 Å². The van der Waals surface area contributed by atoms with E-state index in [0.717, 1.165) is 12.4 Å². The predicted octanol–water partition coefficient (Wildman–Crippen LogP) is 3.54. The number of rotatable bonds is 7. The molecule has 0 N–H and O–H groups in total. The molecule has 1 atom stereocenters. The van der Waals surface area contributed by atoms with Gasteiger partial charge in [0, 0.05) is 8.81 Å². The number of benzene rings is 1. The SMILES string of the molecule is CCCCCOPc1ccc(OC)cc1.Cl. The maximum atomic E-state index is 5.58. The van der Waals surface area contributed by atoms with Crippen molar-refractivity contribution in [3.8, 4) is 5.75 Å². The normalized spacial score (nSPS) is 10.4. The van der Waals surface area contributed by atoms with Gasteiger partial charge in [-0.05, 0) is 36.0 Å². The molecule has 0 heterocycles. The first-order valence-corrected chi connectivity index (χ1v) is 6.29. The van der Waals surface area contributed by atoms with E-state index in [1.54, 1.807) is 7.11 Å². The van der Waals surface area contributed by atoms with Gasteiger partial charge in [-0.25, -0.2) is 0 Å². The Kier molecular flexibility index (Phi) is 9.71. The van der Waals surface area contributed by atoms with E-state index >= 15 is 0 Å². The van der Waals surface area contributed by atoms with Gasteiger partial charge in [-0.3, -0.25) is 0 Å². The largest absolute Gasteiger partial charge is 0.497 e. The summed E-state index contributed by atoms with van der Waals surface area (Å²) in [4.78, 5) is 0. The van der Waals surface area contributed by atoms with Crippen LogP contribution in [0, 0.1) is 0 Å². The molecule has 0 radical (unpaired) electrons. The lowest BCUT2D eigenvalue weighted by Gasteiger charge is -2.04. The second-order valence-electron chi connectivity index (χ2n) is 3.39. The van der Waals surface area contributed by atoms with Crippen LogP contribution in [0.4, 0.5) is 0 Å². The van der Waals surface area contributed by atoms with Crippen molar-refractivity contribution in [2.45, 2.75) is 26.2 Å². The molecule has 1 rings (SSSR count). The topological polar surface area (TPSA) is 18.5 Å². The number of unbranched alkanes of at least 4 members (excludes halogenated alkanes) is 2. The fourth-order valence-electron chi connectivity index (χ4n) is 1.22. The van der Waals surface area contributed by atoms with Crippen LogP contribution in [-0.2, 0) is 4.52 Å². The van der Waals surface area contributed by atoms with E-state index in [1.807, 2.05) is 12.1 Å². The molecule has 0 saturated heterocycles. The molecule has 0 fully saturated rings. The number of methoxy groups -OCH3 is 1. The van der Waals surface area contributed by atoms with Crippen LogP contribution in [-0.4, -0.2) is 13.7 Å². The van der Waals surface area contributed by atoms with Crippen LogP contribution in [0.25, 0.3) is 0 Å². The summed E-state index contributed by atoms with van der Waals surface area (Å²) >= 11 is 0. The maximum Gasteiger partial charge on any atom is 0.118 e. The molecule has 0 spiro atoms. The van der Waals surface area contributed by atoms with Gasteiger partial charge in [-0.1, -0.05) is 19.8 Å². The van der Waals surface area contributed by atoms with Gasteiger partial charge in [0.1, 0.15) is 5.75 Å². The third-order valence-electron chi connectivity index (χ3n) is 2.13. The van der Waals surface area contributed by atoms with Crippen molar-refractivity contribution in [1.82, 2.24) is 0 Å². The maximum absolute atomic E-state index is 5.58. The van der Waals surface area contributed by atoms with Gasteiger partial charge in [0.05, 0.1) is 13.7 Å². The fraction of sp³-hybridized carbons (Fsp3) is 0.500. The average molecular weight is 263 g/mol. The minimum atomic E-state index is 0. The van der Waals surface area contributed by atoms with E-state index < -0.39 is 0 Å². The zero-order valence-corrected chi connectivity index (χ0v) is 11.7. The zero-order chi connectivity index (χ0) is 10.9. The van der Waals surface area contributed by atoms with Crippen LogP contribution in [0.5, 0.6) is 5.75 Å². The molecular weight excluding hydrogens is 243 g/mol. The van der Waals surface area contributed by atoms with Crippen molar-refractivity contribution in [3.63, 3.8) is 0 Å². The van der Waals surface area contributed by atoms with E-state index in [-0.39, 0.29) is 12.4 Å². The molecule has 1 aromatic carbocycles. The zero-order valence-electron chi connectivity index (χ0n) is 9.86. The minimum Gasteiger partial charge on any atom is -0.497 e. The smallest absolute Gasteiger partial charge is 0.118 e. The molecule has 0 aliphatic rings. The van der Waals surface area contributed by atoms with Crippen LogP contribution in [0.2, 0.25) is 0 Å². The van der Waals surface area contributed by atoms with Gasteiger partial charge < -0.3 is 9.26 Å². The first-order valence-electron chi connectivity index (χ1n) is 5.38. The molecule has 4 heteroatoms. The van der Waals surface area contributed by atoms with Crippen molar-refractivity contribution in [2.24, 2.45) is 0 Å². The molecule has 0 bridgehead atoms. The van der Waals surface area contributed by atoms with Gasteiger partial charge in [0.25, 0.3) is 0 Å². The Labute approximate surface area is 106 Å². The summed E-state index contributed by atoms with van der Waals surface area (Å²) in [7, 11) is 2.14. The number of halogens is 1. The molecule has 0 saturated carbocycles. The summed E-state index contributed by atoms with van der Waals surface area (Å²) in [5.41, 5.74) is 0. The van der Waals surface area contributed by atoms with Crippen LogP contribution >= 0.6 is 21.2 Å². The van der Waals surface area contributed by atoms with Crippen molar-refractivity contribution < 1.29 is 9.26 Å². The van der Waals surface area contributed by atoms with Crippen molar-refractivity contribution in [1.29, 1.82) is 0 Å². The summed E-state index contributed by atoms with van der Waals surface area (Å²) in [6, 6.07) is 8.05. The molecule has 2 nitrogen and oxygen atoms in total. The van der Waals surface area contributed by atoms with Crippen molar-refractivity contribution in [3.05, 3.63) is 24.3 Å². The molecule has 1 aromatic rings. The fourth-order valence-corrected chi connectivity index (χ4v) is 1.93. The summed E-state index contributed by atoms with van der Waals surface area (Å²) < 4.78 is 10.7. The van der Waals surface area contributed by atoms with Crippen LogP contribution in [0.1, 0.15) is 26.2 Å². The number of hydrogen-bond donors (Lipinski definition) is 0. The van der Waals surface area contributed by atoms with Gasteiger partial charge in [-0.15, -0.1) is 12.4 Å². The van der Waals surface area contributed by atoms with Gasteiger partial charge >= 0.3 is 0 Å². The van der Waals surface area contributed by atoms with Gasteiger partial charge in [0.15, 0.2) is 0 Å². The monoisotopic (exact) mass is 262 g/mol. The third-order valence-corrected chi connectivity index (χ3v) is 3.05. The lowest BCUT2D eigenvalue weighted by Crippen LogP contribution is -1.96. The number of ether oxygens (including phenoxy) is 1. The molecule has 0 aromatic heterocycles. The van der Waals surface area contributed by atoms with Crippen molar-refractivity contribution in [2.75, 3.05) is 13.7 Å². The molecule has 92 valence electrons. The van der Waals surface area contributed by atoms with Crippen LogP contribution in [0.3, 0.4) is 0 Å². The second kappa shape index (κ2) is 9.89. The molecule has 0 aliphatic carbocycles. The highest BCUT2D eigenvalue weighted by Gasteiger charge is 1.94. The lowest BCUT2D eigenvalue weighted by molar-refractivity contribution is 0.351. The van der Waals surface area contributed by atoms with E-state index in [2.05, 4.69) is 19.1 Å². The third kappa shape index (κ3) is 6.32. The van der Waals surface area contributed by atoms with E-state index in [9.17, 15) is 0 Å². The Morgan fingerprint density at radius 2 is 1.81 bits per heavy atom. The summed E-state index contributed by atoms with van der Waals surface area (Å²) in [6.07, 6.45) is 3.67. The Bertz CT molecular complexity index is 264. The number of hydrogen-bond acceptors (Lipinski definition) is 2. The molecule has 1 unspecified atom stereocenters. The molecule has 0 aliphatic heterocycles. The first kappa shape index (κ1) is 15.7. The lowest BCUT2D eigenvalue weighted by atomic mass is 10.3. The highest BCUT2D eigenvalue weighted by molar-refractivity contribution is 7.41. The molecule has 16 heavy (non-hydrogen) atoms. The van der Waals surface area contributed by atoms with E-state index in [0.29, 0.717) is 8.81 Å². The second-order valence-corrected chi connectivity index (χ2v) is 4.46. The van der Waals surface area contributed by atoms with Gasteiger partial charge in [-0.2, -0.15) is 0 Å². The average Bonchev–Trinajstić information content (AvgIpc) is 2.30.